The van der Waals surface area contributed by atoms with E-state index < -0.39 is 30.3 Å². The van der Waals surface area contributed by atoms with Gasteiger partial charge < -0.3 is 9.84 Å². The van der Waals surface area contributed by atoms with Crippen LogP contribution in [-0.4, -0.2) is 28.8 Å². The van der Waals surface area contributed by atoms with Crippen molar-refractivity contribution >= 4 is 21.9 Å². The fraction of sp³-hybridized carbons (Fsp3) is 0.250. The maximum Gasteiger partial charge on any atom is 0.422 e. The average Bonchev–Trinajstić information content (AvgIpc) is 2.14. The van der Waals surface area contributed by atoms with E-state index >= 15 is 0 Å². The molecule has 4 nitrogen and oxygen atoms in total. The van der Waals surface area contributed by atoms with Gasteiger partial charge in [0.05, 0.1) is 4.47 Å². The lowest BCUT2D eigenvalue weighted by Crippen LogP contribution is -2.20. The van der Waals surface area contributed by atoms with Crippen molar-refractivity contribution in [2.75, 3.05) is 6.61 Å². The Kier molecular flexibility index (Phi) is 3.74. The number of carboxylic acids is 1. The van der Waals surface area contributed by atoms with Crippen molar-refractivity contribution in [3.63, 3.8) is 0 Å². The van der Waals surface area contributed by atoms with Crippen LogP contribution >= 0.6 is 15.9 Å². The number of hydrogen-bond donors (Lipinski definition) is 1. The second-order valence-corrected chi connectivity index (χ2v) is 3.54. The number of aromatic carboxylic acids is 1. The summed E-state index contributed by atoms with van der Waals surface area (Å²) in [6.07, 6.45) is -4.49. The van der Waals surface area contributed by atoms with Gasteiger partial charge in [0, 0.05) is 6.07 Å². The molecule has 0 atom stereocenters. The first kappa shape index (κ1) is 12.8. The van der Waals surface area contributed by atoms with Gasteiger partial charge in [-0.25, -0.2) is 9.78 Å². The first-order chi connectivity index (χ1) is 7.29. The molecule has 16 heavy (non-hydrogen) atoms. The Morgan fingerprint density at radius 1 is 1.50 bits per heavy atom. The fourth-order valence-corrected chi connectivity index (χ4v) is 1.20. The van der Waals surface area contributed by atoms with E-state index in [1.54, 1.807) is 0 Å². The highest BCUT2D eigenvalue weighted by atomic mass is 79.9. The minimum absolute atomic E-state index is 0.166. The number of nitrogens with zero attached hydrogens (tertiary/aromatic N) is 1. The third-order valence-corrected chi connectivity index (χ3v) is 2.05. The topological polar surface area (TPSA) is 59.4 Å². The lowest BCUT2D eigenvalue weighted by Gasteiger charge is -2.08. The number of ether oxygens (including phenoxy) is 1. The zero-order valence-electron chi connectivity index (χ0n) is 7.58. The van der Waals surface area contributed by atoms with Crippen molar-refractivity contribution in [1.29, 1.82) is 0 Å². The summed E-state index contributed by atoms with van der Waals surface area (Å²) in [5.41, 5.74) is -0.403. The quantitative estimate of drug-likeness (QED) is 0.931. The van der Waals surface area contributed by atoms with Crippen LogP contribution in [0.2, 0.25) is 0 Å². The largest absolute Gasteiger partial charge is 0.476 e. The Hall–Kier alpha value is -1.31. The van der Waals surface area contributed by atoms with Crippen LogP contribution in [0.4, 0.5) is 13.2 Å². The normalized spacial score (nSPS) is 11.2. The molecule has 0 fully saturated rings. The molecule has 0 aliphatic carbocycles. The molecule has 0 spiro atoms. The van der Waals surface area contributed by atoms with Gasteiger partial charge >= 0.3 is 12.1 Å². The van der Waals surface area contributed by atoms with Crippen molar-refractivity contribution in [2.45, 2.75) is 6.18 Å². The number of carboxylic acid groups (broad SMARTS) is 1. The van der Waals surface area contributed by atoms with Gasteiger partial charge in [-0.2, -0.15) is 13.2 Å². The summed E-state index contributed by atoms with van der Waals surface area (Å²) in [5.74, 6) is -1.75. The highest BCUT2D eigenvalue weighted by Crippen LogP contribution is 2.21. The Morgan fingerprint density at radius 2 is 2.12 bits per heavy atom. The molecule has 0 radical (unpaired) electrons. The van der Waals surface area contributed by atoms with Crippen LogP contribution in [0, 0.1) is 0 Å². The summed E-state index contributed by atoms with van der Waals surface area (Å²) in [4.78, 5) is 14.0. The van der Waals surface area contributed by atoms with Gasteiger partial charge in [0.2, 0.25) is 5.88 Å². The van der Waals surface area contributed by atoms with Gasteiger partial charge in [0.1, 0.15) is 0 Å². The lowest BCUT2D eigenvalue weighted by atomic mass is 10.3. The second-order valence-electron chi connectivity index (χ2n) is 2.69. The van der Waals surface area contributed by atoms with Crippen LogP contribution in [0.15, 0.2) is 16.6 Å². The number of rotatable bonds is 3. The van der Waals surface area contributed by atoms with E-state index in [-0.39, 0.29) is 4.47 Å². The summed E-state index contributed by atoms with van der Waals surface area (Å²) in [5, 5.41) is 8.65. The van der Waals surface area contributed by atoms with E-state index in [2.05, 4.69) is 25.7 Å². The molecular weight excluding hydrogens is 295 g/mol. The summed E-state index contributed by atoms with van der Waals surface area (Å²) >= 11 is 2.90. The van der Waals surface area contributed by atoms with Crippen LogP contribution < -0.4 is 4.74 Å². The zero-order chi connectivity index (χ0) is 12.3. The van der Waals surface area contributed by atoms with Gasteiger partial charge in [-0.3, -0.25) is 0 Å². The second kappa shape index (κ2) is 4.69. The average molecular weight is 300 g/mol. The van der Waals surface area contributed by atoms with Gasteiger partial charge in [-0.05, 0) is 22.0 Å². The van der Waals surface area contributed by atoms with Crippen LogP contribution in [0.5, 0.6) is 5.88 Å². The third-order valence-electron chi connectivity index (χ3n) is 1.41. The predicted octanol–water partition coefficient (Wildman–Crippen LogP) is 2.48. The molecule has 0 aliphatic rings. The van der Waals surface area contributed by atoms with Crippen LogP contribution in [0.3, 0.4) is 0 Å². The molecule has 0 unspecified atom stereocenters. The molecule has 8 heteroatoms. The smallest absolute Gasteiger partial charge is 0.422 e. The molecule has 88 valence electrons. The summed E-state index contributed by atoms with van der Waals surface area (Å²) in [6, 6.07) is 2.39. The molecule has 0 aliphatic heterocycles. The van der Waals surface area contributed by atoms with E-state index in [9.17, 15) is 18.0 Å². The van der Waals surface area contributed by atoms with Crippen molar-refractivity contribution in [1.82, 2.24) is 4.98 Å². The Labute approximate surface area is 96.2 Å². The van der Waals surface area contributed by atoms with E-state index in [1.165, 1.54) is 6.07 Å². The highest BCUT2D eigenvalue weighted by Gasteiger charge is 2.28. The zero-order valence-corrected chi connectivity index (χ0v) is 9.17. The summed E-state index contributed by atoms with van der Waals surface area (Å²) in [6.45, 7) is -1.51. The molecule has 1 N–H and O–H groups in total. The van der Waals surface area contributed by atoms with E-state index in [4.69, 9.17) is 5.11 Å². The number of hydrogen-bond acceptors (Lipinski definition) is 3. The Balaban J connectivity index is 2.83. The maximum absolute atomic E-state index is 11.8. The number of pyridine rings is 1. The predicted molar refractivity (Wildman–Crippen MR) is 50.4 cm³/mol. The first-order valence-electron chi connectivity index (χ1n) is 3.89. The van der Waals surface area contributed by atoms with E-state index in [0.29, 0.717) is 0 Å². The van der Waals surface area contributed by atoms with Gasteiger partial charge in [-0.1, -0.05) is 0 Å². The van der Waals surface area contributed by atoms with Gasteiger partial charge in [0.25, 0.3) is 0 Å². The van der Waals surface area contributed by atoms with Crippen LogP contribution in [-0.2, 0) is 0 Å². The van der Waals surface area contributed by atoms with Gasteiger partial charge in [-0.15, -0.1) is 0 Å². The molecular formula is C8H5BrF3NO3. The summed E-state index contributed by atoms with van der Waals surface area (Å²) in [7, 11) is 0. The molecule has 1 rings (SSSR count). The standard InChI is InChI=1S/C8H5BrF3NO3/c9-4-1-2-5(13-6(4)7(14)15)16-3-8(10,11)12/h1-2H,3H2,(H,14,15). The SMILES string of the molecule is O=C(O)c1nc(OCC(F)(F)F)ccc1Br. The van der Waals surface area contributed by atoms with E-state index in [1.807, 2.05) is 0 Å². The molecule has 1 aromatic rings. The van der Waals surface area contributed by atoms with Gasteiger partial charge in [0.15, 0.2) is 12.3 Å². The van der Waals surface area contributed by atoms with Crippen molar-refractivity contribution in [2.24, 2.45) is 0 Å². The monoisotopic (exact) mass is 299 g/mol. The maximum atomic E-state index is 11.8. The fourth-order valence-electron chi connectivity index (χ4n) is 0.810. The molecule has 0 bridgehead atoms. The highest BCUT2D eigenvalue weighted by molar-refractivity contribution is 9.10. The molecule has 0 amide bonds. The van der Waals surface area contributed by atoms with Crippen molar-refractivity contribution < 1.29 is 27.8 Å². The Bertz CT molecular complexity index is 408. The minimum atomic E-state index is -4.49. The number of halogens is 4. The van der Waals surface area contributed by atoms with Crippen molar-refractivity contribution in [3.8, 4) is 5.88 Å². The number of alkyl halides is 3. The molecule has 0 saturated heterocycles. The molecule has 1 aromatic heterocycles. The van der Waals surface area contributed by atoms with E-state index in [0.717, 1.165) is 6.07 Å². The minimum Gasteiger partial charge on any atom is -0.476 e. The molecule has 0 saturated carbocycles. The lowest BCUT2D eigenvalue weighted by molar-refractivity contribution is -0.154. The number of aromatic nitrogens is 1. The van der Waals surface area contributed by atoms with Crippen LogP contribution in [0.25, 0.3) is 0 Å². The first-order valence-corrected chi connectivity index (χ1v) is 4.68. The molecule has 0 aromatic carbocycles. The van der Waals surface area contributed by atoms with Crippen LogP contribution in [0.1, 0.15) is 10.5 Å². The summed E-state index contributed by atoms with van der Waals surface area (Å²) < 4.78 is 39.9. The van der Waals surface area contributed by atoms with Crippen molar-refractivity contribution in [3.05, 3.63) is 22.3 Å². The molecule has 1 heterocycles. The Morgan fingerprint density at radius 3 is 2.62 bits per heavy atom. The number of carbonyl (C=O) groups is 1. The third kappa shape index (κ3) is 3.69.